The molecule has 0 saturated carbocycles. The summed E-state index contributed by atoms with van der Waals surface area (Å²) in [6, 6.07) is 28.3. The molecule has 0 spiro atoms. The number of hydrogen-bond donors (Lipinski definition) is 1. The molecule has 0 aliphatic rings. The van der Waals surface area contributed by atoms with Crippen molar-refractivity contribution in [1.29, 1.82) is 0 Å². The Bertz CT molecular complexity index is 1490. The van der Waals surface area contributed by atoms with Crippen LogP contribution in [0.4, 0.5) is 5.69 Å². The number of hydrogen-bond acceptors (Lipinski definition) is 5. The number of nitrogens with zero attached hydrogens (tertiary/aromatic N) is 4. The van der Waals surface area contributed by atoms with E-state index in [9.17, 15) is 4.79 Å². The molecule has 0 fully saturated rings. The van der Waals surface area contributed by atoms with Gasteiger partial charge in [0.2, 0.25) is 5.88 Å². The first kappa shape index (κ1) is 23.0. The highest BCUT2D eigenvalue weighted by atomic mass is 16.5. The van der Waals surface area contributed by atoms with E-state index in [1.54, 1.807) is 35.0 Å². The average Bonchev–Trinajstić information content (AvgIpc) is 3.18. The van der Waals surface area contributed by atoms with E-state index in [4.69, 9.17) is 4.74 Å². The minimum atomic E-state index is -0.177. The third kappa shape index (κ3) is 4.86. The van der Waals surface area contributed by atoms with Crippen LogP contribution in [0.15, 0.2) is 91.0 Å². The molecule has 1 amide bonds. The van der Waals surface area contributed by atoms with Crippen molar-refractivity contribution in [1.82, 2.24) is 20.0 Å². The molecule has 5 rings (SSSR count). The lowest BCUT2D eigenvalue weighted by Gasteiger charge is -2.09. The Labute approximate surface area is 209 Å². The van der Waals surface area contributed by atoms with Crippen LogP contribution in [0.2, 0.25) is 0 Å². The van der Waals surface area contributed by atoms with E-state index in [0.717, 1.165) is 28.1 Å². The van der Waals surface area contributed by atoms with E-state index in [2.05, 4.69) is 20.6 Å². The molecule has 178 valence electrons. The number of carbonyl (C=O) groups excluding carboxylic acids is 1. The van der Waals surface area contributed by atoms with Gasteiger partial charge in [0.05, 0.1) is 5.69 Å². The third-order valence-corrected chi connectivity index (χ3v) is 6.08. The molecule has 0 aliphatic heterocycles. The number of carbonyl (C=O) groups is 1. The summed E-state index contributed by atoms with van der Waals surface area (Å²) in [7, 11) is 0. The van der Waals surface area contributed by atoms with Gasteiger partial charge in [0.25, 0.3) is 5.91 Å². The minimum absolute atomic E-state index is 0.177. The van der Waals surface area contributed by atoms with Gasteiger partial charge in [-0.1, -0.05) is 42.5 Å². The Hall–Kier alpha value is -4.78. The van der Waals surface area contributed by atoms with Gasteiger partial charge in [-0.05, 0) is 79.9 Å². The van der Waals surface area contributed by atoms with Crippen molar-refractivity contribution < 1.29 is 9.53 Å². The topological polar surface area (TPSA) is 81.9 Å². The first-order valence-corrected chi connectivity index (χ1v) is 11.6. The molecule has 5 aromatic rings. The molecule has 0 aliphatic carbocycles. The number of aromatic nitrogens is 4. The molecule has 7 heteroatoms. The second-order valence-electron chi connectivity index (χ2n) is 8.46. The smallest absolute Gasteiger partial charge is 0.255 e. The van der Waals surface area contributed by atoms with E-state index in [1.807, 2.05) is 81.4 Å². The fraction of sp³-hybridized carbons (Fsp3) is 0.103. The Morgan fingerprint density at radius 2 is 1.47 bits per heavy atom. The summed E-state index contributed by atoms with van der Waals surface area (Å²) >= 11 is 0. The summed E-state index contributed by atoms with van der Waals surface area (Å²) < 4.78 is 7.58. The molecule has 3 aromatic carbocycles. The molecule has 0 unspecified atom stereocenters. The van der Waals surface area contributed by atoms with Crippen molar-refractivity contribution in [3.8, 4) is 28.6 Å². The third-order valence-electron chi connectivity index (χ3n) is 6.08. The van der Waals surface area contributed by atoms with Gasteiger partial charge in [0.1, 0.15) is 5.75 Å². The number of nitrogens with one attached hydrogen (secondary N) is 1. The van der Waals surface area contributed by atoms with Crippen LogP contribution in [0, 0.1) is 20.8 Å². The highest BCUT2D eigenvalue weighted by Crippen LogP contribution is 2.23. The number of anilines is 1. The van der Waals surface area contributed by atoms with Gasteiger partial charge in [-0.15, -0.1) is 10.2 Å². The van der Waals surface area contributed by atoms with Crippen molar-refractivity contribution in [3.05, 3.63) is 114 Å². The lowest BCUT2D eigenvalue weighted by Crippen LogP contribution is -2.11. The zero-order valence-corrected chi connectivity index (χ0v) is 20.3. The molecular weight excluding hydrogens is 450 g/mol. The molecule has 0 atom stereocenters. The Morgan fingerprint density at radius 3 is 2.08 bits per heavy atom. The summed E-state index contributed by atoms with van der Waals surface area (Å²) in [5, 5.41) is 15.8. The van der Waals surface area contributed by atoms with E-state index >= 15 is 0 Å². The zero-order valence-electron chi connectivity index (χ0n) is 20.3. The van der Waals surface area contributed by atoms with Crippen LogP contribution in [0.5, 0.6) is 11.6 Å². The average molecular weight is 476 g/mol. The van der Waals surface area contributed by atoms with Crippen LogP contribution in [-0.4, -0.2) is 25.9 Å². The van der Waals surface area contributed by atoms with Gasteiger partial charge in [-0.2, -0.15) is 5.10 Å². The summed E-state index contributed by atoms with van der Waals surface area (Å²) in [6.07, 6.45) is 0. The Kier molecular flexibility index (Phi) is 6.28. The van der Waals surface area contributed by atoms with Crippen molar-refractivity contribution in [2.45, 2.75) is 20.8 Å². The quantitative estimate of drug-likeness (QED) is 0.312. The lowest BCUT2D eigenvalue weighted by atomic mass is 10.0. The van der Waals surface area contributed by atoms with Crippen LogP contribution >= 0.6 is 0 Å². The van der Waals surface area contributed by atoms with Crippen molar-refractivity contribution in [2.75, 3.05) is 5.32 Å². The first-order chi connectivity index (χ1) is 17.5. The molecule has 0 bridgehead atoms. The normalized spacial score (nSPS) is 10.8. The van der Waals surface area contributed by atoms with Crippen molar-refractivity contribution >= 4 is 11.6 Å². The van der Waals surface area contributed by atoms with Crippen LogP contribution in [0.1, 0.15) is 27.3 Å². The maximum Gasteiger partial charge on any atom is 0.255 e. The van der Waals surface area contributed by atoms with Gasteiger partial charge in [0, 0.05) is 23.0 Å². The molecule has 7 nitrogen and oxygen atoms in total. The highest BCUT2D eigenvalue weighted by Gasteiger charge is 2.11. The maximum absolute atomic E-state index is 12.7. The zero-order chi connectivity index (χ0) is 25.1. The van der Waals surface area contributed by atoms with E-state index in [0.29, 0.717) is 28.7 Å². The number of benzene rings is 3. The first-order valence-electron chi connectivity index (χ1n) is 11.6. The second kappa shape index (κ2) is 9.84. The Morgan fingerprint density at radius 1 is 0.778 bits per heavy atom. The van der Waals surface area contributed by atoms with Gasteiger partial charge in [-0.3, -0.25) is 4.79 Å². The summed E-state index contributed by atoms with van der Waals surface area (Å²) in [5.41, 5.74) is 6.56. The van der Waals surface area contributed by atoms with Crippen molar-refractivity contribution in [3.63, 3.8) is 0 Å². The highest BCUT2D eigenvalue weighted by molar-refractivity contribution is 6.04. The standard InChI is InChI=1S/C29H25N5O2/c1-19-20(2)33-34(21(19)3)27-17-18-28(32-31-27)36-26-15-13-25(14-16-26)30-29(35)24-11-9-23(10-12-24)22-7-5-4-6-8-22/h4-18H,1-3H3,(H,30,35). The monoisotopic (exact) mass is 475 g/mol. The number of amides is 1. The SMILES string of the molecule is Cc1nn(-c2ccc(Oc3ccc(NC(=O)c4ccc(-c5ccccc5)cc4)cc3)nn2)c(C)c1C. The predicted octanol–water partition coefficient (Wildman–Crippen LogP) is 6.30. The van der Waals surface area contributed by atoms with Gasteiger partial charge in [-0.25, -0.2) is 4.68 Å². The lowest BCUT2D eigenvalue weighted by molar-refractivity contribution is 0.102. The van der Waals surface area contributed by atoms with Crippen molar-refractivity contribution in [2.24, 2.45) is 0 Å². The number of aryl methyl sites for hydroxylation is 1. The Balaban J connectivity index is 1.21. The number of ether oxygens (including phenoxy) is 1. The molecule has 0 radical (unpaired) electrons. The molecule has 2 heterocycles. The second-order valence-corrected chi connectivity index (χ2v) is 8.46. The largest absolute Gasteiger partial charge is 0.438 e. The van der Waals surface area contributed by atoms with Gasteiger partial charge in [0.15, 0.2) is 5.82 Å². The summed E-state index contributed by atoms with van der Waals surface area (Å²) in [5.74, 6) is 1.41. The van der Waals surface area contributed by atoms with Crippen LogP contribution in [-0.2, 0) is 0 Å². The van der Waals surface area contributed by atoms with E-state index in [-0.39, 0.29) is 5.91 Å². The van der Waals surface area contributed by atoms with E-state index < -0.39 is 0 Å². The molecule has 1 N–H and O–H groups in total. The molecular formula is C29H25N5O2. The number of rotatable bonds is 6. The summed E-state index contributed by atoms with van der Waals surface area (Å²) in [6.45, 7) is 6.01. The van der Waals surface area contributed by atoms with Gasteiger partial charge >= 0.3 is 0 Å². The van der Waals surface area contributed by atoms with Crippen LogP contribution in [0.3, 0.4) is 0 Å². The minimum Gasteiger partial charge on any atom is -0.438 e. The van der Waals surface area contributed by atoms with E-state index in [1.165, 1.54) is 0 Å². The molecule has 0 saturated heterocycles. The molecule has 36 heavy (non-hydrogen) atoms. The van der Waals surface area contributed by atoms with Crippen LogP contribution in [0.25, 0.3) is 16.9 Å². The van der Waals surface area contributed by atoms with Crippen LogP contribution < -0.4 is 10.1 Å². The predicted molar refractivity (Wildman–Crippen MR) is 140 cm³/mol. The summed E-state index contributed by atoms with van der Waals surface area (Å²) in [4.78, 5) is 12.7. The fourth-order valence-corrected chi connectivity index (χ4v) is 3.80. The fourth-order valence-electron chi connectivity index (χ4n) is 3.80. The maximum atomic E-state index is 12.7. The molecule has 2 aromatic heterocycles. The van der Waals surface area contributed by atoms with Gasteiger partial charge < -0.3 is 10.1 Å².